The molecule has 2 aromatic heterocycles. The molecule has 0 aliphatic carbocycles. The maximum atomic E-state index is 13.2. The average Bonchev–Trinajstić information content (AvgIpc) is 3.51. The first-order valence-electron chi connectivity index (χ1n) is 11.7. The van der Waals surface area contributed by atoms with Gasteiger partial charge in [0.25, 0.3) is 5.91 Å². The Hall–Kier alpha value is -3.35. The Morgan fingerprint density at radius 1 is 1.06 bits per heavy atom. The lowest BCUT2D eigenvalue weighted by Crippen LogP contribution is -2.50. The van der Waals surface area contributed by atoms with Crippen molar-refractivity contribution in [2.45, 2.75) is 50.8 Å². The van der Waals surface area contributed by atoms with Gasteiger partial charge in [0.2, 0.25) is 0 Å². The smallest absolute Gasteiger partial charge is 0.252 e. The molecule has 0 spiro atoms. The number of amides is 1. The van der Waals surface area contributed by atoms with Crippen molar-refractivity contribution >= 4 is 49.5 Å². The normalized spacial score (nSPS) is 27.8. The molecule has 3 aliphatic rings. The lowest BCUT2D eigenvalue weighted by molar-refractivity contribution is -0.178. The van der Waals surface area contributed by atoms with E-state index in [1.807, 2.05) is 38.1 Å². The summed E-state index contributed by atoms with van der Waals surface area (Å²) in [6.45, 7) is 4.57. The molecule has 3 aromatic carbocycles. The number of benzene rings is 3. The molecule has 1 saturated heterocycles. The number of rotatable bonds is 1. The summed E-state index contributed by atoms with van der Waals surface area (Å²) in [5, 5.41) is 19.3. The lowest BCUT2D eigenvalue weighted by atomic mass is 9.86. The summed E-state index contributed by atoms with van der Waals surface area (Å²) in [6.07, 6.45) is 0.743. The van der Waals surface area contributed by atoms with Gasteiger partial charge >= 0.3 is 0 Å². The fourth-order valence-electron chi connectivity index (χ4n) is 6.99. The van der Waals surface area contributed by atoms with Gasteiger partial charge in [-0.15, -0.1) is 0 Å². The molecule has 5 aromatic rings. The zero-order valence-electron chi connectivity index (χ0n) is 18.5. The molecular weight excluding hydrogens is 414 g/mol. The van der Waals surface area contributed by atoms with E-state index in [0.29, 0.717) is 19.4 Å². The van der Waals surface area contributed by atoms with Gasteiger partial charge in [-0.2, -0.15) is 0 Å². The number of aromatic nitrogens is 2. The number of fused-ring (bicyclic) bond motifs is 13. The molecule has 2 N–H and O–H groups in total. The molecule has 3 unspecified atom stereocenters. The third-order valence-corrected chi connectivity index (χ3v) is 8.56. The molecule has 8 rings (SSSR count). The Kier molecular flexibility index (Phi) is 2.97. The summed E-state index contributed by atoms with van der Waals surface area (Å²) in [5.41, 5.74) is 3.99. The maximum Gasteiger partial charge on any atom is 0.252 e. The predicted molar refractivity (Wildman–Crippen MR) is 127 cm³/mol. The number of hydrogen-bond acceptors (Lipinski definition) is 3. The van der Waals surface area contributed by atoms with E-state index in [1.54, 1.807) is 0 Å². The van der Waals surface area contributed by atoms with E-state index < -0.39 is 11.3 Å². The van der Waals surface area contributed by atoms with E-state index >= 15 is 0 Å². The first kappa shape index (κ1) is 18.1. The zero-order valence-corrected chi connectivity index (χ0v) is 18.5. The minimum atomic E-state index is -1.03. The molecular formula is C27H23N3O3. The van der Waals surface area contributed by atoms with Crippen LogP contribution in [0.2, 0.25) is 0 Å². The Morgan fingerprint density at radius 2 is 1.76 bits per heavy atom. The number of hydrogen-bond donors (Lipinski definition) is 2. The van der Waals surface area contributed by atoms with Gasteiger partial charge in [0.1, 0.15) is 11.8 Å². The second-order valence-corrected chi connectivity index (χ2v) is 9.87. The summed E-state index contributed by atoms with van der Waals surface area (Å²) >= 11 is 0. The minimum Gasteiger partial charge on any atom is -0.385 e. The third-order valence-electron chi connectivity index (χ3n) is 8.56. The van der Waals surface area contributed by atoms with E-state index in [0.717, 1.165) is 54.7 Å². The number of nitrogens with zero attached hydrogens (tertiary/aromatic N) is 2. The maximum absolute atomic E-state index is 13.2. The van der Waals surface area contributed by atoms with Gasteiger partial charge < -0.3 is 24.3 Å². The van der Waals surface area contributed by atoms with Crippen LogP contribution in [0.1, 0.15) is 48.8 Å². The van der Waals surface area contributed by atoms with Crippen molar-refractivity contribution in [1.82, 2.24) is 14.5 Å². The van der Waals surface area contributed by atoms with E-state index in [2.05, 4.69) is 38.7 Å². The van der Waals surface area contributed by atoms with Crippen molar-refractivity contribution in [3.8, 4) is 0 Å². The van der Waals surface area contributed by atoms with Crippen molar-refractivity contribution < 1.29 is 14.6 Å². The van der Waals surface area contributed by atoms with Crippen LogP contribution in [0.3, 0.4) is 0 Å². The molecule has 3 aliphatic heterocycles. The number of nitrogens with one attached hydrogen (secondary N) is 1. The van der Waals surface area contributed by atoms with Gasteiger partial charge in [-0.05, 0) is 31.0 Å². The van der Waals surface area contributed by atoms with Crippen LogP contribution in [0.5, 0.6) is 0 Å². The number of carbonyl (C=O) groups is 1. The topological polar surface area (TPSA) is 68.4 Å². The average molecular weight is 437 g/mol. The van der Waals surface area contributed by atoms with E-state index in [-0.39, 0.29) is 12.1 Å². The van der Waals surface area contributed by atoms with Crippen LogP contribution in [0.15, 0.2) is 48.5 Å². The van der Waals surface area contributed by atoms with Crippen molar-refractivity contribution in [3.05, 3.63) is 59.7 Å². The summed E-state index contributed by atoms with van der Waals surface area (Å²) in [6, 6.07) is 16.6. The van der Waals surface area contributed by atoms with Gasteiger partial charge in [-0.3, -0.25) is 4.79 Å². The van der Waals surface area contributed by atoms with Gasteiger partial charge in [0.15, 0.2) is 5.72 Å². The highest BCUT2D eigenvalue weighted by Gasteiger charge is 2.59. The van der Waals surface area contributed by atoms with Crippen molar-refractivity contribution in [2.24, 2.45) is 0 Å². The van der Waals surface area contributed by atoms with Crippen LogP contribution < -0.4 is 5.32 Å². The van der Waals surface area contributed by atoms with Crippen molar-refractivity contribution in [2.75, 3.05) is 0 Å². The quantitative estimate of drug-likeness (QED) is 0.392. The van der Waals surface area contributed by atoms with E-state index in [4.69, 9.17) is 4.74 Å². The van der Waals surface area contributed by atoms with Crippen molar-refractivity contribution in [1.29, 1.82) is 0 Å². The molecule has 33 heavy (non-hydrogen) atoms. The molecule has 3 atom stereocenters. The lowest BCUT2D eigenvalue weighted by Gasteiger charge is -2.39. The monoisotopic (exact) mass is 437 g/mol. The second-order valence-electron chi connectivity index (χ2n) is 9.87. The van der Waals surface area contributed by atoms with Crippen LogP contribution in [0.25, 0.3) is 43.6 Å². The predicted octanol–water partition coefficient (Wildman–Crippen LogP) is 4.89. The molecule has 0 radical (unpaired) electrons. The molecule has 6 heteroatoms. The second kappa shape index (κ2) is 5.41. The third kappa shape index (κ3) is 1.76. The van der Waals surface area contributed by atoms with E-state index in [1.165, 1.54) is 0 Å². The molecule has 6 nitrogen and oxygen atoms in total. The summed E-state index contributed by atoms with van der Waals surface area (Å²) in [7, 11) is 0. The number of ether oxygens (including phenoxy) is 1. The Labute approximate surface area is 189 Å². The Bertz CT molecular complexity index is 1730. The summed E-state index contributed by atoms with van der Waals surface area (Å²) in [4.78, 5) is 13.2. The van der Waals surface area contributed by atoms with Crippen molar-refractivity contribution in [3.63, 3.8) is 0 Å². The van der Waals surface area contributed by atoms with Crippen LogP contribution in [-0.4, -0.2) is 25.7 Å². The largest absolute Gasteiger partial charge is 0.385 e. The highest BCUT2D eigenvalue weighted by Crippen LogP contribution is 2.58. The highest BCUT2D eigenvalue weighted by molar-refractivity contribution is 6.31. The van der Waals surface area contributed by atoms with E-state index in [9.17, 15) is 9.90 Å². The van der Waals surface area contributed by atoms with Crippen LogP contribution in [-0.2, 0) is 17.0 Å². The molecule has 2 bridgehead atoms. The first-order chi connectivity index (χ1) is 16.0. The van der Waals surface area contributed by atoms with Crippen LogP contribution >= 0.6 is 0 Å². The first-order valence-corrected chi connectivity index (χ1v) is 11.7. The molecule has 1 amide bonds. The van der Waals surface area contributed by atoms with Gasteiger partial charge in [0, 0.05) is 34.5 Å². The van der Waals surface area contributed by atoms with Gasteiger partial charge in [-0.25, -0.2) is 0 Å². The van der Waals surface area contributed by atoms with Gasteiger partial charge in [-0.1, -0.05) is 43.3 Å². The minimum absolute atomic E-state index is 0.0155. The highest BCUT2D eigenvalue weighted by atomic mass is 16.6. The molecule has 164 valence electrons. The van der Waals surface area contributed by atoms with Crippen LogP contribution in [0, 0.1) is 0 Å². The van der Waals surface area contributed by atoms with Crippen LogP contribution in [0.4, 0.5) is 0 Å². The number of para-hydroxylation sites is 2. The molecule has 5 heterocycles. The zero-order chi connectivity index (χ0) is 22.3. The number of carbonyl (C=O) groups excluding carboxylic acids is 1. The number of aliphatic hydroxyl groups is 1. The summed E-state index contributed by atoms with van der Waals surface area (Å²) in [5.74, 6) is -0.0155. The Morgan fingerprint density at radius 3 is 2.52 bits per heavy atom. The molecule has 1 fully saturated rings. The SMILES string of the molecule is CCC1(O)CC2OC1(C)n1c3ccccc3c3c4c(c5c6ccccc6n2c5c31)C(=O)NC4. The summed E-state index contributed by atoms with van der Waals surface area (Å²) < 4.78 is 11.3. The fraction of sp³-hybridized carbons (Fsp3) is 0.296. The molecule has 0 saturated carbocycles. The fourth-order valence-corrected chi connectivity index (χ4v) is 6.99. The van der Waals surface area contributed by atoms with Gasteiger partial charge in [0.05, 0.1) is 27.6 Å². The Balaban J connectivity index is 1.78. The standard InChI is InChI=1S/C27H23N3O3/c1-3-27(32)12-19-29-17-10-6-4-8-14(17)21-22-16(13-28-25(22)31)20-15-9-5-7-11-18(15)30(24(20)23(21)29)26(27,2)33-19/h4-11,19,32H,3,12-13H2,1-2H3,(H,28,31).